The van der Waals surface area contributed by atoms with Gasteiger partial charge < -0.3 is 4.90 Å². The Morgan fingerprint density at radius 2 is 2.00 bits per heavy atom. The topological polar surface area (TPSA) is 21.1 Å². The summed E-state index contributed by atoms with van der Waals surface area (Å²) in [7, 11) is 0. The first-order valence-electron chi connectivity index (χ1n) is 8.05. The van der Waals surface area contributed by atoms with E-state index in [0.717, 1.165) is 18.9 Å². The van der Waals surface area contributed by atoms with E-state index in [-0.39, 0.29) is 0 Å². The van der Waals surface area contributed by atoms with Crippen LogP contribution < -0.4 is 0 Å². The van der Waals surface area contributed by atoms with Crippen molar-refractivity contribution in [2.24, 2.45) is 5.92 Å². The Morgan fingerprint density at radius 1 is 1.21 bits per heavy atom. The highest BCUT2D eigenvalue weighted by Crippen LogP contribution is 2.19. The summed E-state index contributed by atoms with van der Waals surface area (Å²) in [6.45, 7) is 9.46. The SMILES string of the molecule is CCCc1cnn(CCCN2CCC(CC)CC2)c1. The molecule has 19 heavy (non-hydrogen) atoms. The van der Waals surface area contributed by atoms with Crippen molar-refractivity contribution in [3.05, 3.63) is 18.0 Å². The fraction of sp³-hybridized carbons (Fsp3) is 0.812. The van der Waals surface area contributed by atoms with Crippen LogP contribution in [0.4, 0.5) is 0 Å². The maximum atomic E-state index is 4.44. The van der Waals surface area contributed by atoms with Gasteiger partial charge in [0.2, 0.25) is 0 Å². The van der Waals surface area contributed by atoms with E-state index in [1.54, 1.807) is 0 Å². The Bertz CT molecular complexity index is 351. The average molecular weight is 263 g/mol. The van der Waals surface area contributed by atoms with Crippen LogP contribution in [0.25, 0.3) is 0 Å². The second kappa shape index (κ2) is 7.68. The van der Waals surface area contributed by atoms with Crippen molar-refractivity contribution in [3.63, 3.8) is 0 Å². The van der Waals surface area contributed by atoms with Crippen molar-refractivity contribution in [2.45, 2.75) is 58.9 Å². The zero-order valence-electron chi connectivity index (χ0n) is 12.6. The second-order valence-corrected chi connectivity index (χ2v) is 5.91. The van der Waals surface area contributed by atoms with E-state index >= 15 is 0 Å². The van der Waals surface area contributed by atoms with E-state index in [0.29, 0.717) is 0 Å². The highest BCUT2D eigenvalue weighted by atomic mass is 15.3. The average Bonchev–Trinajstić information content (AvgIpc) is 2.88. The number of likely N-dealkylation sites (tertiary alicyclic amines) is 1. The summed E-state index contributed by atoms with van der Waals surface area (Å²) in [5.74, 6) is 0.985. The van der Waals surface area contributed by atoms with Gasteiger partial charge in [0.15, 0.2) is 0 Å². The molecule has 0 spiro atoms. The number of nitrogens with zero attached hydrogens (tertiary/aromatic N) is 3. The molecule has 3 heteroatoms. The minimum atomic E-state index is 0.985. The highest BCUT2D eigenvalue weighted by molar-refractivity contribution is 5.03. The Morgan fingerprint density at radius 3 is 2.68 bits per heavy atom. The van der Waals surface area contributed by atoms with Gasteiger partial charge in [-0.25, -0.2) is 0 Å². The van der Waals surface area contributed by atoms with E-state index in [4.69, 9.17) is 0 Å². The summed E-state index contributed by atoms with van der Waals surface area (Å²) in [4.78, 5) is 2.63. The van der Waals surface area contributed by atoms with Gasteiger partial charge in [0.25, 0.3) is 0 Å². The molecule has 0 aromatic carbocycles. The zero-order valence-corrected chi connectivity index (χ0v) is 12.6. The number of aromatic nitrogens is 2. The molecule has 1 aromatic rings. The number of hydrogen-bond donors (Lipinski definition) is 0. The summed E-state index contributed by atoms with van der Waals surface area (Å²) in [6, 6.07) is 0. The van der Waals surface area contributed by atoms with Crippen molar-refractivity contribution in [1.82, 2.24) is 14.7 Å². The summed E-state index contributed by atoms with van der Waals surface area (Å²) in [6.07, 6.45) is 12.0. The molecule has 0 unspecified atom stereocenters. The molecule has 1 aliphatic heterocycles. The van der Waals surface area contributed by atoms with Gasteiger partial charge in [0, 0.05) is 12.7 Å². The predicted molar refractivity (Wildman–Crippen MR) is 80.3 cm³/mol. The fourth-order valence-electron chi connectivity index (χ4n) is 3.02. The van der Waals surface area contributed by atoms with Gasteiger partial charge in [0.05, 0.1) is 6.20 Å². The lowest BCUT2D eigenvalue weighted by atomic mass is 9.94. The Hall–Kier alpha value is -0.830. The molecule has 3 nitrogen and oxygen atoms in total. The van der Waals surface area contributed by atoms with Gasteiger partial charge in [-0.05, 0) is 56.8 Å². The summed E-state index contributed by atoms with van der Waals surface area (Å²) < 4.78 is 2.11. The molecule has 1 aromatic heterocycles. The van der Waals surface area contributed by atoms with Crippen LogP contribution in [0.1, 0.15) is 51.5 Å². The first-order chi connectivity index (χ1) is 9.31. The molecule has 2 heterocycles. The minimum Gasteiger partial charge on any atom is -0.303 e. The number of hydrogen-bond acceptors (Lipinski definition) is 2. The van der Waals surface area contributed by atoms with Crippen molar-refractivity contribution < 1.29 is 0 Å². The first kappa shape index (κ1) is 14.6. The molecule has 0 aliphatic carbocycles. The molecule has 0 atom stereocenters. The second-order valence-electron chi connectivity index (χ2n) is 5.91. The number of rotatable bonds is 7. The van der Waals surface area contributed by atoms with Gasteiger partial charge in [-0.15, -0.1) is 0 Å². The molecule has 0 radical (unpaired) electrons. The molecule has 0 amide bonds. The molecule has 1 fully saturated rings. The molecule has 0 N–H and O–H groups in total. The van der Waals surface area contributed by atoms with E-state index in [1.165, 1.54) is 57.3 Å². The monoisotopic (exact) mass is 263 g/mol. The van der Waals surface area contributed by atoms with Gasteiger partial charge in [-0.1, -0.05) is 26.7 Å². The Kier molecular flexibility index (Phi) is 5.90. The summed E-state index contributed by atoms with van der Waals surface area (Å²) >= 11 is 0. The maximum Gasteiger partial charge on any atom is 0.0521 e. The van der Waals surface area contributed by atoms with Crippen molar-refractivity contribution in [2.75, 3.05) is 19.6 Å². The van der Waals surface area contributed by atoms with Crippen LogP contribution in [0.5, 0.6) is 0 Å². The third kappa shape index (κ3) is 4.64. The molecule has 1 aliphatic rings. The van der Waals surface area contributed by atoms with E-state index in [2.05, 4.69) is 34.7 Å². The van der Waals surface area contributed by atoms with Crippen molar-refractivity contribution in [3.8, 4) is 0 Å². The lowest BCUT2D eigenvalue weighted by Crippen LogP contribution is -2.34. The quantitative estimate of drug-likeness (QED) is 0.752. The number of aryl methyl sites for hydroxylation is 2. The summed E-state index contributed by atoms with van der Waals surface area (Å²) in [5.41, 5.74) is 1.38. The minimum absolute atomic E-state index is 0.985. The van der Waals surface area contributed by atoms with Crippen LogP contribution in [0, 0.1) is 5.92 Å². The summed E-state index contributed by atoms with van der Waals surface area (Å²) in [5, 5.41) is 4.44. The van der Waals surface area contributed by atoms with Crippen LogP contribution in [-0.2, 0) is 13.0 Å². The lowest BCUT2D eigenvalue weighted by molar-refractivity contribution is 0.177. The van der Waals surface area contributed by atoms with E-state index in [1.807, 2.05) is 6.20 Å². The largest absolute Gasteiger partial charge is 0.303 e. The van der Waals surface area contributed by atoms with Gasteiger partial charge in [-0.3, -0.25) is 4.68 Å². The standard InChI is InChI=1S/C16H29N3/c1-3-6-16-13-17-19(14-16)10-5-9-18-11-7-15(4-2)8-12-18/h13-15H,3-12H2,1-2H3. The van der Waals surface area contributed by atoms with Crippen LogP contribution in [0.3, 0.4) is 0 Å². The third-order valence-corrected chi connectivity index (χ3v) is 4.37. The molecular weight excluding hydrogens is 234 g/mol. The smallest absolute Gasteiger partial charge is 0.0521 e. The van der Waals surface area contributed by atoms with Crippen LogP contribution in [0.2, 0.25) is 0 Å². The van der Waals surface area contributed by atoms with Crippen molar-refractivity contribution >= 4 is 0 Å². The fourth-order valence-corrected chi connectivity index (χ4v) is 3.02. The predicted octanol–water partition coefficient (Wildman–Crippen LogP) is 3.35. The molecule has 0 saturated carbocycles. The molecule has 1 saturated heterocycles. The van der Waals surface area contributed by atoms with Gasteiger partial charge >= 0.3 is 0 Å². The van der Waals surface area contributed by atoms with Crippen molar-refractivity contribution in [1.29, 1.82) is 0 Å². The maximum absolute atomic E-state index is 4.44. The normalized spacial score (nSPS) is 18.0. The van der Waals surface area contributed by atoms with Gasteiger partial charge in [0.1, 0.15) is 0 Å². The molecule has 0 bridgehead atoms. The zero-order chi connectivity index (χ0) is 13.5. The number of piperidine rings is 1. The third-order valence-electron chi connectivity index (χ3n) is 4.37. The molecule has 108 valence electrons. The lowest BCUT2D eigenvalue weighted by Gasteiger charge is -2.31. The first-order valence-corrected chi connectivity index (χ1v) is 8.05. The van der Waals surface area contributed by atoms with E-state index < -0.39 is 0 Å². The molecular formula is C16H29N3. The van der Waals surface area contributed by atoms with E-state index in [9.17, 15) is 0 Å². The van der Waals surface area contributed by atoms with Crippen LogP contribution in [-0.4, -0.2) is 34.3 Å². The Balaban J connectivity index is 1.63. The Labute approximate surface area is 118 Å². The molecule has 2 rings (SSSR count). The van der Waals surface area contributed by atoms with Gasteiger partial charge in [-0.2, -0.15) is 5.10 Å². The van der Waals surface area contributed by atoms with Crippen LogP contribution >= 0.6 is 0 Å². The highest BCUT2D eigenvalue weighted by Gasteiger charge is 2.16. The van der Waals surface area contributed by atoms with Crippen LogP contribution in [0.15, 0.2) is 12.4 Å².